The number of aromatic nitrogens is 2. The van der Waals surface area contributed by atoms with Crippen LogP contribution in [-0.2, 0) is 6.42 Å². The molecule has 2 heterocycles. The maximum atomic E-state index is 5.97. The fraction of sp³-hybridized carbons (Fsp3) is 0.615. The summed E-state index contributed by atoms with van der Waals surface area (Å²) in [5.41, 5.74) is 7.21. The summed E-state index contributed by atoms with van der Waals surface area (Å²) < 4.78 is 2.17. The Kier molecular flexibility index (Phi) is 3.92. The van der Waals surface area contributed by atoms with E-state index in [2.05, 4.69) is 41.6 Å². The number of imidazole rings is 1. The van der Waals surface area contributed by atoms with Gasteiger partial charge in [-0.25, -0.2) is 4.98 Å². The highest BCUT2D eigenvalue weighted by atomic mass is 32.1. The Morgan fingerprint density at radius 3 is 2.72 bits per heavy atom. The summed E-state index contributed by atoms with van der Waals surface area (Å²) >= 11 is 1.67. The lowest BCUT2D eigenvalue weighted by Crippen LogP contribution is -2.32. The van der Waals surface area contributed by atoms with Crippen LogP contribution in [0.4, 0.5) is 5.82 Å². The Morgan fingerprint density at radius 2 is 2.17 bits per heavy atom. The molecule has 0 saturated heterocycles. The third-order valence-electron chi connectivity index (χ3n) is 3.09. The van der Waals surface area contributed by atoms with E-state index >= 15 is 0 Å². The second-order valence-corrected chi connectivity index (χ2v) is 5.87. The standard InChI is InChI=1S/C13H22N4S/c1-5-16(9(2)3)12-11(8-10(4)14)17-6-7-18-13(17)15-12/h6-7,9-10H,5,8,14H2,1-4H3. The summed E-state index contributed by atoms with van der Waals surface area (Å²) in [7, 11) is 0. The summed E-state index contributed by atoms with van der Waals surface area (Å²) in [4.78, 5) is 8.16. The summed E-state index contributed by atoms with van der Waals surface area (Å²) in [6.45, 7) is 9.58. The molecule has 5 heteroatoms. The van der Waals surface area contributed by atoms with Gasteiger partial charge in [-0.1, -0.05) is 0 Å². The minimum absolute atomic E-state index is 0.148. The van der Waals surface area contributed by atoms with Crippen molar-refractivity contribution in [2.75, 3.05) is 11.4 Å². The predicted molar refractivity (Wildman–Crippen MR) is 78.6 cm³/mol. The van der Waals surface area contributed by atoms with Gasteiger partial charge in [0, 0.05) is 36.6 Å². The second kappa shape index (κ2) is 5.28. The molecule has 18 heavy (non-hydrogen) atoms. The van der Waals surface area contributed by atoms with Crippen molar-refractivity contribution in [3.05, 3.63) is 17.3 Å². The third kappa shape index (κ3) is 2.37. The molecule has 1 unspecified atom stereocenters. The van der Waals surface area contributed by atoms with Gasteiger partial charge in [0.2, 0.25) is 0 Å². The van der Waals surface area contributed by atoms with Crippen molar-refractivity contribution in [1.29, 1.82) is 0 Å². The molecule has 0 spiro atoms. The average Bonchev–Trinajstić information content (AvgIpc) is 2.82. The number of hydrogen-bond donors (Lipinski definition) is 1. The van der Waals surface area contributed by atoms with Crippen LogP contribution in [0.5, 0.6) is 0 Å². The molecule has 100 valence electrons. The highest BCUT2D eigenvalue weighted by Crippen LogP contribution is 2.26. The molecule has 0 aliphatic carbocycles. The van der Waals surface area contributed by atoms with E-state index in [1.807, 2.05) is 6.92 Å². The zero-order chi connectivity index (χ0) is 13.3. The Hall–Kier alpha value is -1.07. The molecular formula is C13H22N4S. The Labute approximate surface area is 112 Å². The zero-order valence-electron chi connectivity index (χ0n) is 11.6. The minimum atomic E-state index is 0.148. The fourth-order valence-corrected chi connectivity index (χ4v) is 3.03. The van der Waals surface area contributed by atoms with Crippen molar-refractivity contribution in [3.8, 4) is 0 Å². The van der Waals surface area contributed by atoms with E-state index in [1.54, 1.807) is 11.3 Å². The van der Waals surface area contributed by atoms with Gasteiger partial charge in [-0.3, -0.25) is 4.40 Å². The summed E-state index contributed by atoms with van der Waals surface area (Å²) in [5.74, 6) is 1.09. The van der Waals surface area contributed by atoms with E-state index in [0.29, 0.717) is 6.04 Å². The lowest BCUT2D eigenvalue weighted by molar-refractivity contribution is 0.673. The lowest BCUT2D eigenvalue weighted by atomic mass is 10.1. The van der Waals surface area contributed by atoms with Gasteiger partial charge in [0.15, 0.2) is 10.8 Å². The van der Waals surface area contributed by atoms with E-state index < -0.39 is 0 Å². The van der Waals surface area contributed by atoms with Crippen LogP contribution in [0.1, 0.15) is 33.4 Å². The van der Waals surface area contributed by atoms with Gasteiger partial charge in [0.25, 0.3) is 0 Å². The number of nitrogens with zero attached hydrogens (tertiary/aromatic N) is 3. The van der Waals surface area contributed by atoms with Crippen molar-refractivity contribution in [2.24, 2.45) is 5.73 Å². The van der Waals surface area contributed by atoms with Crippen molar-refractivity contribution >= 4 is 22.1 Å². The predicted octanol–water partition coefficient (Wildman–Crippen LogP) is 2.52. The molecule has 0 radical (unpaired) electrons. The third-order valence-corrected chi connectivity index (χ3v) is 3.85. The monoisotopic (exact) mass is 266 g/mol. The molecule has 0 amide bonds. The molecule has 0 aliphatic heterocycles. The van der Waals surface area contributed by atoms with E-state index in [4.69, 9.17) is 10.7 Å². The maximum Gasteiger partial charge on any atom is 0.195 e. The maximum absolute atomic E-state index is 5.97. The highest BCUT2D eigenvalue weighted by Gasteiger charge is 2.20. The van der Waals surface area contributed by atoms with Crippen molar-refractivity contribution in [3.63, 3.8) is 0 Å². The van der Waals surface area contributed by atoms with Crippen LogP contribution in [0.15, 0.2) is 11.6 Å². The molecule has 2 N–H and O–H groups in total. The first-order valence-corrected chi connectivity index (χ1v) is 7.39. The van der Waals surface area contributed by atoms with Crippen LogP contribution in [0.2, 0.25) is 0 Å². The first kappa shape index (κ1) is 13.4. The van der Waals surface area contributed by atoms with E-state index in [9.17, 15) is 0 Å². The molecule has 2 aromatic rings. The molecule has 2 aromatic heterocycles. The Bertz CT molecular complexity index is 512. The molecule has 0 aromatic carbocycles. The molecule has 2 rings (SSSR count). The van der Waals surface area contributed by atoms with E-state index in [-0.39, 0.29) is 6.04 Å². The normalized spacial score (nSPS) is 13.4. The first-order chi connectivity index (χ1) is 8.54. The van der Waals surface area contributed by atoms with Crippen molar-refractivity contribution < 1.29 is 0 Å². The fourth-order valence-electron chi connectivity index (χ4n) is 2.31. The lowest BCUT2D eigenvalue weighted by Gasteiger charge is -2.26. The molecule has 0 bridgehead atoms. The SMILES string of the molecule is CCN(c1nc2sccn2c1CC(C)N)C(C)C. The van der Waals surface area contributed by atoms with Crippen molar-refractivity contribution in [1.82, 2.24) is 9.38 Å². The van der Waals surface area contributed by atoms with Crippen molar-refractivity contribution in [2.45, 2.75) is 46.2 Å². The Balaban J connectivity index is 2.50. The molecule has 0 aliphatic rings. The molecule has 0 saturated carbocycles. The number of nitrogens with two attached hydrogens (primary N) is 1. The molecule has 4 nitrogen and oxygen atoms in total. The largest absolute Gasteiger partial charge is 0.353 e. The smallest absolute Gasteiger partial charge is 0.195 e. The van der Waals surface area contributed by atoms with Crippen LogP contribution in [0.25, 0.3) is 4.96 Å². The number of thiazole rings is 1. The Morgan fingerprint density at radius 1 is 1.44 bits per heavy atom. The number of hydrogen-bond acceptors (Lipinski definition) is 4. The summed E-state index contributed by atoms with van der Waals surface area (Å²) in [6.07, 6.45) is 2.94. The topological polar surface area (TPSA) is 46.6 Å². The van der Waals surface area contributed by atoms with Crippen LogP contribution in [-0.4, -0.2) is 28.0 Å². The second-order valence-electron chi connectivity index (χ2n) is 5.00. The summed E-state index contributed by atoms with van der Waals surface area (Å²) in [5, 5.41) is 2.07. The molecule has 0 fully saturated rings. The quantitative estimate of drug-likeness (QED) is 0.904. The van der Waals surface area contributed by atoms with Gasteiger partial charge in [0.05, 0.1) is 5.69 Å². The number of rotatable bonds is 5. The number of fused-ring (bicyclic) bond motifs is 1. The molecular weight excluding hydrogens is 244 g/mol. The van der Waals surface area contributed by atoms with E-state index in [1.165, 1.54) is 5.69 Å². The minimum Gasteiger partial charge on any atom is -0.353 e. The van der Waals surface area contributed by atoms with E-state index in [0.717, 1.165) is 23.7 Å². The summed E-state index contributed by atoms with van der Waals surface area (Å²) in [6, 6.07) is 0.598. The van der Waals surface area contributed by atoms with Gasteiger partial charge in [0.1, 0.15) is 0 Å². The molecule has 1 atom stereocenters. The number of anilines is 1. The van der Waals surface area contributed by atoms with Gasteiger partial charge >= 0.3 is 0 Å². The van der Waals surface area contributed by atoms with Gasteiger partial charge < -0.3 is 10.6 Å². The van der Waals surface area contributed by atoms with Crippen LogP contribution >= 0.6 is 11.3 Å². The van der Waals surface area contributed by atoms with Crippen LogP contribution in [0.3, 0.4) is 0 Å². The van der Waals surface area contributed by atoms with Crippen LogP contribution in [0, 0.1) is 0 Å². The van der Waals surface area contributed by atoms with Crippen LogP contribution < -0.4 is 10.6 Å². The zero-order valence-corrected chi connectivity index (χ0v) is 12.4. The van der Waals surface area contributed by atoms with Gasteiger partial charge in [-0.2, -0.15) is 0 Å². The first-order valence-electron chi connectivity index (χ1n) is 6.51. The average molecular weight is 266 g/mol. The van der Waals surface area contributed by atoms with Gasteiger partial charge in [-0.05, 0) is 27.7 Å². The van der Waals surface area contributed by atoms with Gasteiger partial charge in [-0.15, -0.1) is 11.3 Å². The highest BCUT2D eigenvalue weighted by molar-refractivity contribution is 7.15.